The van der Waals surface area contributed by atoms with Gasteiger partial charge in [-0.2, -0.15) is 8.78 Å². The van der Waals surface area contributed by atoms with Crippen molar-refractivity contribution in [2.45, 2.75) is 13.5 Å². The number of nitro groups is 1. The van der Waals surface area contributed by atoms with E-state index in [0.29, 0.717) is 0 Å². The highest BCUT2D eigenvalue weighted by molar-refractivity contribution is 5.97. The fraction of sp³-hybridized carbons (Fsp3) is 0.200. The first-order valence-corrected chi connectivity index (χ1v) is 4.60. The number of carbonyl (C=O) groups is 2. The second kappa shape index (κ2) is 5.30. The zero-order valence-electron chi connectivity index (χ0n) is 9.05. The van der Waals surface area contributed by atoms with Gasteiger partial charge in [0.25, 0.3) is 0 Å². The van der Waals surface area contributed by atoms with Crippen molar-refractivity contribution in [2.24, 2.45) is 0 Å². The van der Waals surface area contributed by atoms with Gasteiger partial charge in [-0.15, -0.1) is 0 Å². The number of benzene rings is 1. The van der Waals surface area contributed by atoms with Crippen LogP contribution in [0, 0.1) is 10.1 Å². The highest BCUT2D eigenvalue weighted by Crippen LogP contribution is 2.33. The predicted octanol–water partition coefficient (Wildman–Crippen LogP) is 2.21. The van der Waals surface area contributed by atoms with Crippen molar-refractivity contribution in [1.82, 2.24) is 0 Å². The summed E-state index contributed by atoms with van der Waals surface area (Å²) in [6.45, 7) is -2.19. The molecule has 8 heteroatoms. The van der Waals surface area contributed by atoms with E-state index in [-0.39, 0.29) is 11.8 Å². The third kappa shape index (κ3) is 2.84. The van der Waals surface area contributed by atoms with Gasteiger partial charge in [0, 0.05) is 11.6 Å². The van der Waals surface area contributed by atoms with E-state index in [2.05, 4.69) is 4.74 Å². The first-order valence-electron chi connectivity index (χ1n) is 4.60. The molecule has 0 aliphatic rings. The van der Waals surface area contributed by atoms with Gasteiger partial charge in [-0.25, -0.2) is 0 Å². The summed E-state index contributed by atoms with van der Waals surface area (Å²) in [6, 6.07) is 1.74. The summed E-state index contributed by atoms with van der Waals surface area (Å²) >= 11 is 0. The fourth-order valence-corrected chi connectivity index (χ4v) is 1.28. The van der Waals surface area contributed by atoms with Crippen molar-refractivity contribution >= 4 is 17.8 Å². The molecule has 6 nitrogen and oxygen atoms in total. The van der Waals surface area contributed by atoms with Crippen LogP contribution in [0.5, 0.6) is 5.75 Å². The van der Waals surface area contributed by atoms with Gasteiger partial charge in [0.2, 0.25) is 5.75 Å². The molecule has 0 saturated carbocycles. The van der Waals surface area contributed by atoms with E-state index in [9.17, 15) is 28.5 Å². The molecule has 0 radical (unpaired) electrons. The number of Topliss-reactive ketones (excluding diaryl/α,β-unsaturated/α-hetero) is 1. The molecule has 1 aromatic carbocycles. The molecule has 0 unspecified atom stereocenters. The van der Waals surface area contributed by atoms with Crippen LogP contribution in [-0.2, 0) is 0 Å². The molecular weight excluding hydrogens is 252 g/mol. The van der Waals surface area contributed by atoms with Gasteiger partial charge in [-0.1, -0.05) is 0 Å². The Morgan fingerprint density at radius 1 is 1.50 bits per heavy atom. The Kier molecular flexibility index (Phi) is 4.03. The number of halogens is 2. The number of ketones is 1. The van der Waals surface area contributed by atoms with E-state index in [0.717, 1.165) is 19.1 Å². The molecule has 18 heavy (non-hydrogen) atoms. The van der Waals surface area contributed by atoms with E-state index in [1.54, 1.807) is 0 Å². The minimum atomic E-state index is -3.31. The maximum Gasteiger partial charge on any atom is 0.387 e. The lowest BCUT2D eigenvalue weighted by molar-refractivity contribution is -0.386. The number of alkyl halides is 2. The normalized spacial score (nSPS) is 10.2. The summed E-state index contributed by atoms with van der Waals surface area (Å²) in [6.07, 6.45) is 0.108. The summed E-state index contributed by atoms with van der Waals surface area (Å²) in [5, 5.41) is 10.7. The Morgan fingerprint density at radius 3 is 2.50 bits per heavy atom. The van der Waals surface area contributed by atoms with Crippen molar-refractivity contribution < 1.29 is 28.0 Å². The minimum absolute atomic E-state index is 0.108. The second-order valence-electron chi connectivity index (χ2n) is 3.22. The standard InChI is InChI=1S/C10H7F2NO5/c1-5(15)6-2-7(4-14)9(18-10(11)12)8(3-6)13(16)17/h2-4,10H,1H3. The SMILES string of the molecule is CC(=O)c1cc(C=O)c(OC(F)F)c([N+](=O)[O-])c1. The molecule has 0 spiro atoms. The predicted molar refractivity (Wildman–Crippen MR) is 55.1 cm³/mol. The maximum absolute atomic E-state index is 12.1. The van der Waals surface area contributed by atoms with Crippen molar-refractivity contribution in [3.05, 3.63) is 33.4 Å². The van der Waals surface area contributed by atoms with E-state index < -0.39 is 34.3 Å². The molecule has 0 N–H and O–H groups in total. The Hall–Kier alpha value is -2.38. The van der Waals surface area contributed by atoms with E-state index >= 15 is 0 Å². The third-order valence-electron chi connectivity index (χ3n) is 2.04. The van der Waals surface area contributed by atoms with E-state index in [1.807, 2.05) is 0 Å². The average Bonchev–Trinajstić information content (AvgIpc) is 2.27. The topological polar surface area (TPSA) is 86.5 Å². The van der Waals surface area contributed by atoms with Gasteiger partial charge in [-0.3, -0.25) is 19.7 Å². The van der Waals surface area contributed by atoms with Crippen LogP contribution >= 0.6 is 0 Å². The number of ether oxygens (including phenoxy) is 1. The Labute approximate surface area is 99.3 Å². The van der Waals surface area contributed by atoms with Gasteiger partial charge in [0.1, 0.15) is 0 Å². The van der Waals surface area contributed by atoms with Gasteiger partial charge in [0.05, 0.1) is 10.5 Å². The molecule has 0 heterocycles. The third-order valence-corrected chi connectivity index (χ3v) is 2.04. The second-order valence-corrected chi connectivity index (χ2v) is 3.22. The summed E-state index contributed by atoms with van der Waals surface area (Å²) < 4.78 is 28.2. The maximum atomic E-state index is 12.1. The summed E-state index contributed by atoms with van der Waals surface area (Å²) in [7, 11) is 0. The lowest BCUT2D eigenvalue weighted by atomic mass is 10.1. The molecule has 1 rings (SSSR count). The molecule has 0 fully saturated rings. The zero-order valence-corrected chi connectivity index (χ0v) is 9.05. The van der Waals surface area contributed by atoms with Gasteiger partial charge < -0.3 is 4.74 Å². The number of nitrogens with zero attached hydrogens (tertiary/aromatic N) is 1. The van der Waals surface area contributed by atoms with Gasteiger partial charge >= 0.3 is 12.3 Å². The fourth-order valence-electron chi connectivity index (χ4n) is 1.28. The molecule has 0 atom stereocenters. The first-order chi connectivity index (χ1) is 8.36. The molecule has 0 aliphatic carbocycles. The van der Waals surface area contributed by atoms with Crippen LogP contribution in [0.4, 0.5) is 14.5 Å². The van der Waals surface area contributed by atoms with Crippen molar-refractivity contribution in [3.63, 3.8) is 0 Å². The highest BCUT2D eigenvalue weighted by atomic mass is 19.3. The minimum Gasteiger partial charge on any atom is -0.427 e. The Balaban J connectivity index is 3.50. The molecule has 0 saturated heterocycles. The van der Waals surface area contributed by atoms with Crippen molar-refractivity contribution in [3.8, 4) is 5.75 Å². The highest BCUT2D eigenvalue weighted by Gasteiger charge is 2.24. The summed E-state index contributed by atoms with van der Waals surface area (Å²) in [5.74, 6) is -1.39. The van der Waals surface area contributed by atoms with E-state index in [1.165, 1.54) is 0 Å². The van der Waals surface area contributed by atoms with E-state index in [4.69, 9.17) is 0 Å². The van der Waals surface area contributed by atoms with Crippen LogP contribution in [-0.4, -0.2) is 23.6 Å². The average molecular weight is 259 g/mol. The number of aldehydes is 1. The lowest BCUT2D eigenvalue weighted by Crippen LogP contribution is -2.08. The summed E-state index contributed by atoms with van der Waals surface area (Å²) in [4.78, 5) is 31.5. The zero-order chi connectivity index (χ0) is 13.9. The van der Waals surface area contributed by atoms with Gasteiger partial charge in [-0.05, 0) is 13.0 Å². The molecular formula is C10H7F2NO5. The molecule has 96 valence electrons. The van der Waals surface area contributed by atoms with Crippen LogP contribution in [0.3, 0.4) is 0 Å². The molecule has 0 amide bonds. The number of nitro benzene ring substituents is 1. The van der Waals surface area contributed by atoms with Crippen molar-refractivity contribution in [2.75, 3.05) is 0 Å². The molecule has 0 aliphatic heterocycles. The smallest absolute Gasteiger partial charge is 0.387 e. The molecule has 1 aromatic rings. The monoisotopic (exact) mass is 259 g/mol. The first kappa shape index (κ1) is 13.7. The van der Waals surface area contributed by atoms with Crippen LogP contribution < -0.4 is 4.74 Å². The Bertz CT molecular complexity index is 515. The van der Waals surface area contributed by atoms with Gasteiger partial charge in [0.15, 0.2) is 12.1 Å². The van der Waals surface area contributed by atoms with Crippen LogP contribution in [0.2, 0.25) is 0 Å². The molecule has 0 bridgehead atoms. The Morgan fingerprint density at radius 2 is 2.11 bits per heavy atom. The number of carbonyl (C=O) groups excluding carboxylic acids is 2. The number of hydrogen-bond acceptors (Lipinski definition) is 5. The summed E-state index contributed by atoms with van der Waals surface area (Å²) in [5.41, 5.74) is -1.47. The number of hydrogen-bond donors (Lipinski definition) is 0. The molecule has 0 aromatic heterocycles. The van der Waals surface area contributed by atoms with Crippen molar-refractivity contribution in [1.29, 1.82) is 0 Å². The lowest BCUT2D eigenvalue weighted by Gasteiger charge is -2.08. The quantitative estimate of drug-likeness (QED) is 0.350. The van der Waals surface area contributed by atoms with Crippen LogP contribution in [0.15, 0.2) is 12.1 Å². The largest absolute Gasteiger partial charge is 0.427 e. The number of rotatable bonds is 5. The van der Waals surface area contributed by atoms with Crippen LogP contribution in [0.1, 0.15) is 27.6 Å². The van der Waals surface area contributed by atoms with Crippen LogP contribution in [0.25, 0.3) is 0 Å².